The molecule has 0 aromatic rings. The normalized spacial score (nSPS) is 18.6. The van der Waals surface area contributed by atoms with Crippen LogP contribution in [0.4, 0.5) is 0 Å². The monoisotopic (exact) mass is 279 g/mol. The van der Waals surface area contributed by atoms with Crippen LogP contribution in [0.2, 0.25) is 0 Å². The average Bonchev–Trinajstić information content (AvgIpc) is 2.28. The molecular weight excluding hydrogens is 253 g/mol. The van der Waals surface area contributed by atoms with Crippen LogP contribution >= 0.6 is 7.60 Å². The SMILES string of the molecule is CCOP(=O)(CCNCC1(OC)CCC1)OCC. The number of hydrogen-bond donors (Lipinski definition) is 1. The van der Waals surface area contributed by atoms with Crippen LogP contribution in [0.15, 0.2) is 0 Å². The quantitative estimate of drug-likeness (QED) is 0.491. The highest BCUT2D eigenvalue weighted by Gasteiger charge is 2.36. The second-order valence-corrected chi connectivity index (χ2v) is 6.77. The largest absolute Gasteiger partial charge is 0.377 e. The van der Waals surface area contributed by atoms with Crippen molar-refractivity contribution in [3.63, 3.8) is 0 Å². The van der Waals surface area contributed by atoms with E-state index in [0.717, 1.165) is 19.4 Å². The standard InChI is InChI=1S/C12H26NO4P/c1-4-16-18(14,17-5-2)10-9-13-11-12(15-3)7-6-8-12/h13H,4-11H2,1-3H3. The molecule has 0 aliphatic heterocycles. The van der Waals surface area contributed by atoms with Crippen LogP contribution < -0.4 is 5.32 Å². The summed E-state index contributed by atoms with van der Waals surface area (Å²) in [5.41, 5.74) is 0.00121. The molecule has 0 spiro atoms. The van der Waals surface area contributed by atoms with E-state index in [1.807, 2.05) is 13.8 Å². The minimum atomic E-state index is -2.90. The van der Waals surface area contributed by atoms with Crippen molar-refractivity contribution in [2.75, 3.05) is 39.6 Å². The molecule has 1 aliphatic carbocycles. The van der Waals surface area contributed by atoms with E-state index in [9.17, 15) is 4.57 Å². The molecule has 1 rings (SSSR count). The highest BCUT2D eigenvalue weighted by Crippen LogP contribution is 2.47. The van der Waals surface area contributed by atoms with E-state index in [4.69, 9.17) is 13.8 Å². The molecule has 1 aliphatic rings. The van der Waals surface area contributed by atoms with Gasteiger partial charge >= 0.3 is 7.60 Å². The van der Waals surface area contributed by atoms with E-state index >= 15 is 0 Å². The Balaban J connectivity index is 2.24. The summed E-state index contributed by atoms with van der Waals surface area (Å²) in [4.78, 5) is 0. The summed E-state index contributed by atoms with van der Waals surface area (Å²) in [6.07, 6.45) is 3.84. The lowest BCUT2D eigenvalue weighted by Gasteiger charge is -2.40. The molecule has 0 heterocycles. The van der Waals surface area contributed by atoms with E-state index in [2.05, 4.69) is 5.32 Å². The lowest BCUT2D eigenvalue weighted by molar-refractivity contribution is -0.0690. The van der Waals surface area contributed by atoms with Crippen LogP contribution in [-0.2, 0) is 18.3 Å². The average molecular weight is 279 g/mol. The molecule has 0 radical (unpaired) electrons. The van der Waals surface area contributed by atoms with Gasteiger partial charge in [0.1, 0.15) is 0 Å². The predicted octanol–water partition coefficient (Wildman–Crippen LogP) is 2.41. The molecule has 0 amide bonds. The van der Waals surface area contributed by atoms with Crippen LogP contribution in [0.3, 0.4) is 0 Å². The van der Waals surface area contributed by atoms with Gasteiger partial charge in [-0.3, -0.25) is 4.57 Å². The van der Waals surface area contributed by atoms with Crippen molar-refractivity contribution < 1.29 is 18.3 Å². The number of rotatable bonds is 10. The van der Waals surface area contributed by atoms with Gasteiger partial charge in [-0.05, 0) is 33.1 Å². The topological polar surface area (TPSA) is 56.8 Å². The van der Waals surface area contributed by atoms with E-state index in [-0.39, 0.29) is 5.60 Å². The van der Waals surface area contributed by atoms with Gasteiger partial charge in [0, 0.05) is 20.2 Å². The maximum absolute atomic E-state index is 12.2. The van der Waals surface area contributed by atoms with Crippen LogP contribution in [0.5, 0.6) is 0 Å². The summed E-state index contributed by atoms with van der Waals surface area (Å²) in [5, 5.41) is 3.29. The fourth-order valence-corrected chi connectivity index (χ4v) is 3.67. The first-order valence-electron chi connectivity index (χ1n) is 6.74. The maximum Gasteiger partial charge on any atom is 0.331 e. The van der Waals surface area contributed by atoms with Crippen molar-refractivity contribution in [2.24, 2.45) is 0 Å². The Morgan fingerprint density at radius 2 is 1.83 bits per heavy atom. The zero-order valence-corrected chi connectivity index (χ0v) is 12.6. The summed E-state index contributed by atoms with van der Waals surface area (Å²) < 4.78 is 28.1. The number of methoxy groups -OCH3 is 1. The highest BCUT2D eigenvalue weighted by molar-refractivity contribution is 7.53. The Hall–Kier alpha value is 0.0700. The van der Waals surface area contributed by atoms with Gasteiger partial charge in [0.25, 0.3) is 0 Å². The van der Waals surface area contributed by atoms with Crippen molar-refractivity contribution in [1.29, 1.82) is 0 Å². The van der Waals surface area contributed by atoms with Crippen molar-refractivity contribution in [2.45, 2.75) is 38.7 Å². The second kappa shape index (κ2) is 7.61. The Morgan fingerprint density at radius 3 is 2.22 bits per heavy atom. The minimum absolute atomic E-state index is 0.00121. The number of ether oxygens (including phenoxy) is 1. The Labute approximate surface area is 110 Å². The molecule has 18 heavy (non-hydrogen) atoms. The fourth-order valence-electron chi connectivity index (χ4n) is 2.12. The first-order chi connectivity index (χ1) is 8.60. The third-order valence-corrected chi connectivity index (χ3v) is 5.43. The molecule has 0 aromatic heterocycles. The number of hydrogen-bond acceptors (Lipinski definition) is 5. The molecule has 1 N–H and O–H groups in total. The van der Waals surface area contributed by atoms with E-state index in [1.54, 1.807) is 7.11 Å². The molecule has 0 unspecified atom stereocenters. The van der Waals surface area contributed by atoms with Crippen LogP contribution in [0.1, 0.15) is 33.1 Å². The molecule has 0 saturated heterocycles. The van der Waals surface area contributed by atoms with Crippen molar-refractivity contribution in [1.82, 2.24) is 5.32 Å². The smallest absolute Gasteiger partial charge is 0.331 e. The fraction of sp³-hybridized carbons (Fsp3) is 1.00. The van der Waals surface area contributed by atoms with E-state index in [0.29, 0.717) is 25.9 Å². The summed E-state index contributed by atoms with van der Waals surface area (Å²) >= 11 is 0. The van der Waals surface area contributed by atoms with E-state index in [1.165, 1.54) is 6.42 Å². The molecule has 1 saturated carbocycles. The molecule has 5 nitrogen and oxygen atoms in total. The van der Waals surface area contributed by atoms with Crippen LogP contribution in [0, 0.1) is 0 Å². The van der Waals surface area contributed by atoms with Crippen molar-refractivity contribution in [3.8, 4) is 0 Å². The zero-order chi connectivity index (χ0) is 13.5. The maximum atomic E-state index is 12.2. The third kappa shape index (κ3) is 4.63. The summed E-state index contributed by atoms with van der Waals surface area (Å²) in [5.74, 6) is 0. The zero-order valence-electron chi connectivity index (χ0n) is 11.7. The Kier molecular flexibility index (Phi) is 6.82. The molecule has 0 bridgehead atoms. The van der Waals surface area contributed by atoms with E-state index < -0.39 is 7.60 Å². The van der Waals surface area contributed by atoms with Gasteiger partial charge < -0.3 is 19.1 Å². The molecular formula is C12H26NO4P. The lowest BCUT2D eigenvalue weighted by Crippen LogP contribution is -2.48. The molecule has 6 heteroatoms. The van der Waals surface area contributed by atoms with Gasteiger partial charge in [-0.15, -0.1) is 0 Å². The lowest BCUT2D eigenvalue weighted by atomic mass is 9.80. The van der Waals surface area contributed by atoms with Crippen LogP contribution in [-0.4, -0.2) is 45.2 Å². The first kappa shape index (κ1) is 16.1. The van der Waals surface area contributed by atoms with Gasteiger partial charge in [0.2, 0.25) is 0 Å². The van der Waals surface area contributed by atoms with Crippen LogP contribution in [0.25, 0.3) is 0 Å². The van der Waals surface area contributed by atoms with Gasteiger partial charge in [-0.25, -0.2) is 0 Å². The molecule has 0 aromatic carbocycles. The van der Waals surface area contributed by atoms with Gasteiger partial charge in [0.05, 0.1) is 25.0 Å². The summed E-state index contributed by atoms with van der Waals surface area (Å²) in [6.45, 7) is 5.92. The molecule has 0 atom stereocenters. The predicted molar refractivity (Wildman–Crippen MR) is 72.2 cm³/mol. The highest BCUT2D eigenvalue weighted by atomic mass is 31.2. The van der Waals surface area contributed by atoms with Crippen molar-refractivity contribution in [3.05, 3.63) is 0 Å². The second-order valence-electron chi connectivity index (χ2n) is 4.59. The number of nitrogens with one attached hydrogen (secondary N) is 1. The molecule has 108 valence electrons. The minimum Gasteiger partial charge on any atom is -0.377 e. The molecule has 1 fully saturated rings. The van der Waals surface area contributed by atoms with Crippen molar-refractivity contribution >= 4 is 7.60 Å². The van der Waals surface area contributed by atoms with Gasteiger partial charge in [0.15, 0.2) is 0 Å². The summed E-state index contributed by atoms with van der Waals surface area (Å²) in [6, 6.07) is 0. The Morgan fingerprint density at radius 1 is 1.22 bits per heavy atom. The summed E-state index contributed by atoms with van der Waals surface area (Å²) in [7, 11) is -1.15. The van der Waals surface area contributed by atoms with Gasteiger partial charge in [-0.1, -0.05) is 0 Å². The van der Waals surface area contributed by atoms with Gasteiger partial charge in [-0.2, -0.15) is 0 Å². The third-order valence-electron chi connectivity index (χ3n) is 3.36. The first-order valence-corrected chi connectivity index (χ1v) is 8.46. The Bertz CT molecular complexity index is 266.